The highest BCUT2D eigenvalue weighted by molar-refractivity contribution is 5.73. The van der Waals surface area contributed by atoms with Gasteiger partial charge in [0.15, 0.2) is 0 Å². The van der Waals surface area contributed by atoms with E-state index in [1.807, 2.05) is 11.8 Å². The fourth-order valence-corrected chi connectivity index (χ4v) is 1.90. The Bertz CT molecular complexity index is 522. The summed E-state index contributed by atoms with van der Waals surface area (Å²) in [4.78, 5) is 10.8. The Morgan fingerprint density at radius 2 is 1.95 bits per heavy atom. The lowest BCUT2D eigenvalue weighted by Gasteiger charge is -2.36. The van der Waals surface area contributed by atoms with E-state index in [4.69, 9.17) is 9.90 Å². The van der Waals surface area contributed by atoms with Crippen LogP contribution in [0.3, 0.4) is 0 Å². The standard InChI is InChI=1S/C11H14F2N2.C2HF3O2/c1-8-7-14-4-5-15(8)11-6-9(12)2-3-10(11)13;3-2(4,5)1(6)7/h2-3,6,8,14H,4-5,7H2,1H3;(H,6,7)/t8-;/m1./s1. The molecule has 1 fully saturated rings. The lowest BCUT2D eigenvalue weighted by molar-refractivity contribution is -0.192. The van der Waals surface area contributed by atoms with Crippen LogP contribution in [0, 0.1) is 11.6 Å². The summed E-state index contributed by atoms with van der Waals surface area (Å²) in [5.74, 6) is -3.50. The first-order chi connectivity index (χ1) is 10.1. The van der Waals surface area contributed by atoms with Crippen molar-refractivity contribution in [3.05, 3.63) is 29.8 Å². The van der Waals surface area contributed by atoms with Crippen molar-refractivity contribution in [1.29, 1.82) is 0 Å². The predicted octanol–water partition coefficient (Wildman–Crippen LogP) is 2.40. The Morgan fingerprint density at radius 1 is 1.36 bits per heavy atom. The molecule has 1 atom stereocenters. The average Bonchev–Trinajstić information content (AvgIpc) is 2.42. The number of hydrogen-bond acceptors (Lipinski definition) is 3. The number of nitrogens with one attached hydrogen (secondary N) is 1. The second-order valence-corrected chi connectivity index (χ2v) is 4.65. The first-order valence-electron chi connectivity index (χ1n) is 6.35. The van der Waals surface area contributed by atoms with Crippen LogP contribution in [-0.2, 0) is 4.79 Å². The van der Waals surface area contributed by atoms with Crippen LogP contribution in [0.15, 0.2) is 18.2 Å². The van der Waals surface area contributed by atoms with Crippen LogP contribution < -0.4 is 10.2 Å². The molecule has 0 aliphatic carbocycles. The molecule has 0 amide bonds. The zero-order valence-corrected chi connectivity index (χ0v) is 11.6. The quantitative estimate of drug-likeness (QED) is 0.778. The summed E-state index contributed by atoms with van der Waals surface area (Å²) in [5, 5.41) is 10.3. The van der Waals surface area contributed by atoms with Crippen LogP contribution in [-0.4, -0.2) is 42.9 Å². The van der Waals surface area contributed by atoms with Crippen molar-refractivity contribution in [3.8, 4) is 0 Å². The van der Waals surface area contributed by atoms with E-state index >= 15 is 0 Å². The molecule has 0 saturated carbocycles. The van der Waals surface area contributed by atoms with E-state index in [9.17, 15) is 22.0 Å². The molecular weight excluding hydrogens is 311 g/mol. The number of carboxylic acids is 1. The van der Waals surface area contributed by atoms with Gasteiger partial charge in [-0.25, -0.2) is 13.6 Å². The Hall–Kier alpha value is -1.90. The van der Waals surface area contributed by atoms with Crippen LogP contribution in [0.1, 0.15) is 6.92 Å². The molecule has 4 nitrogen and oxygen atoms in total. The third-order valence-electron chi connectivity index (χ3n) is 2.96. The largest absolute Gasteiger partial charge is 0.490 e. The molecule has 0 aromatic heterocycles. The summed E-state index contributed by atoms with van der Waals surface area (Å²) >= 11 is 0. The number of piperazine rings is 1. The molecule has 1 aromatic carbocycles. The molecule has 9 heteroatoms. The van der Waals surface area contributed by atoms with Gasteiger partial charge in [0.1, 0.15) is 11.6 Å². The highest BCUT2D eigenvalue weighted by Crippen LogP contribution is 2.23. The molecule has 1 aliphatic heterocycles. The van der Waals surface area contributed by atoms with Crippen LogP contribution in [0.25, 0.3) is 0 Å². The number of nitrogens with zero attached hydrogens (tertiary/aromatic N) is 1. The Labute approximate surface area is 123 Å². The van der Waals surface area contributed by atoms with E-state index in [1.54, 1.807) is 0 Å². The lowest BCUT2D eigenvalue weighted by atomic mass is 10.1. The number of rotatable bonds is 1. The monoisotopic (exact) mass is 326 g/mol. The van der Waals surface area contributed by atoms with Crippen molar-refractivity contribution in [2.75, 3.05) is 24.5 Å². The second kappa shape index (κ2) is 7.39. The molecule has 0 radical (unpaired) electrons. The molecule has 0 unspecified atom stereocenters. The van der Waals surface area contributed by atoms with Gasteiger partial charge >= 0.3 is 12.1 Å². The van der Waals surface area contributed by atoms with Gasteiger partial charge in [-0.15, -0.1) is 0 Å². The Morgan fingerprint density at radius 3 is 2.45 bits per heavy atom. The number of carboxylic acid groups (broad SMARTS) is 1. The van der Waals surface area contributed by atoms with E-state index < -0.39 is 18.0 Å². The van der Waals surface area contributed by atoms with Crippen LogP contribution >= 0.6 is 0 Å². The zero-order chi connectivity index (χ0) is 16.9. The maximum atomic E-state index is 13.5. The van der Waals surface area contributed by atoms with Crippen molar-refractivity contribution < 1.29 is 31.9 Å². The fourth-order valence-electron chi connectivity index (χ4n) is 1.90. The molecule has 0 bridgehead atoms. The first kappa shape index (κ1) is 18.1. The van der Waals surface area contributed by atoms with Gasteiger partial charge in [0, 0.05) is 31.7 Å². The molecule has 1 saturated heterocycles. The topological polar surface area (TPSA) is 52.6 Å². The molecule has 124 valence electrons. The van der Waals surface area contributed by atoms with Crippen molar-refractivity contribution >= 4 is 11.7 Å². The first-order valence-corrected chi connectivity index (χ1v) is 6.35. The predicted molar refractivity (Wildman–Crippen MR) is 69.7 cm³/mol. The molecule has 1 heterocycles. The van der Waals surface area contributed by atoms with Gasteiger partial charge in [0.05, 0.1) is 5.69 Å². The summed E-state index contributed by atoms with van der Waals surface area (Å²) in [6, 6.07) is 3.78. The zero-order valence-electron chi connectivity index (χ0n) is 11.6. The smallest absolute Gasteiger partial charge is 0.475 e. The molecule has 1 aliphatic rings. The average molecular weight is 326 g/mol. The summed E-state index contributed by atoms with van der Waals surface area (Å²) in [7, 11) is 0. The summed E-state index contributed by atoms with van der Waals surface area (Å²) in [6.07, 6.45) is -5.08. The van der Waals surface area contributed by atoms with Crippen LogP contribution in [0.5, 0.6) is 0 Å². The van der Waals surface area contributed by atoms with Crippen molar-refractivity contribution in [2.45, 2.75) is 19.1 Å². The molecule has 1 aromatic rings. The third-order valence-corrected chi connectivity index (χ3v) is 2.96. The van der Waals surface area contributed by atoms with Gasteiger partial charge in [-0.1, -0.05) is 0 Å². The van der Waals surface area contributed by atoms with Crippen molar-refractivity contribution in [2.24, 2.45) is 0 Å². The van der Waals surface area contributed by atoms with Gasteiger partial charge in [0.25, 0.3) is 0 Å². The minimum absolute atomic E-state index is 0.190. The number of anilines is 1. The molecule has 2 N–H and O–H groups in total. The Balaban J connectivity index is 0.000000295. The molecule has 22 heavy (non-hydrogen) atoms. The number of alkyl halides is 3. The summed E-state index contributed by atoms with van der Waals surface area (Å²) < 4.78 is 58.3. The fraction of sp³-hybridized carbons (Fsp3) is 0.462. The molecular formula is C13H15F5N2O2. The maximum absolute atomic E-state index is 13.5. The van der Waals surface area contributed by atoms with Crippen LogP contribution in [0.2, 0.25) is 0 Å². The van der Waals surface area contributed by atoms with Crippen molar-refractivity contribution in [3.63, 3.8) is 0 Å². The van der Waals surface area contributed by atoms with E-state index in [-0.39, 0.29) is 11.9 Å². The number of hydrogen-bond donors (Lipinski definition) is 2. The molecule has 2 rings (SSSR count). The van der Waals surface area contributed by atoms with E-state index in [2.05, 4.69) is 5.32 Å². The van der Waals surface area contributed by atoms with E-state index in [0.29, 0.717) is 12.2 Å². The number of halogens is 5. The second-order valence-electron chi connectivity index (χ2n) is 4.65. The number of aliphatic carboxylic acids is 1. The van der Waals surface area contributed by atoms with Gasteiger partial charge in [-0.2, -0.15) is 13.2 Å². The number of carbonyl (C=O) groups is 1. The SMILES string of the molecule is C[C@@H]1CNCCN1c1cc(F)ccc1F.O=C(O)C(F)(F)F. The normalized spacial score (nSPS) is 18.5. The van der Waals surface area contributed by atoms with Crippen molar-refractivity contribution in [1.82, 2.24) is 5.32 Å². The maximum Gasteiger partial charge on any atom is 0.490 e. The molecule has 0 spiro atoms. The summed E-state index contributed by atoms with van der Waals surface area (Å²) in [6.45, 7) is 4.31. The lowest BCUT2D eigenvalue weighted by Crippen LogP contribution is -2.50. The van der Waals surface area contributed by atoms with Gasteiger partial charge in [-0.3, -0.25) is 0 Å². The van der Waals surface area contributed by atoms with Crippen LogP contribution in [0.4, 0.5) is 27.6 Å². The van der Waals surface area contributed by atoms with E-state index in [0.717, 1.165) is 19.2 Å². The highest BCUT2D eigenvalue weighted by Gasteiger charge is 2.38. The highest BCUT2D eigenvalue weighted by atomic mass is 19.4. The minimum atomic E-state index is -5.08. The third kappa shape index (κ3) is 5.14. The van der Waals surface area contributed by atoms with Gasteiger partial charge < -0.3 is 15.3 Å². The summed E-state index contributed by atoms with van der Waals surface area (Å²) in [5.41, 5.74) is 0.365. The minimum Gasteiger partial charge on any atom is -0.475 e. The Kier molecular flexibility index (Phi) is 6.10. The van der Waals surface area contributed by atoms with Gasteiger partial charge in [-0.05, 0) is 19.1 Å². The van der Waals surface area contributed by atoms with E-state index in [1.165, 1.54) is 12.1 Å². The van der Waals surface area contributed by atoms with Gasteiger partial charge in [0.2, 0.25) is 0 Å². The number of benzene rings is 1.